The molecule has 1 N–H and O–H groups in total. The van der Waals surface area contributed by atoms with Crippen LogP contribution in [0.3, 0.4) is 0 Å². The van der Waals surface area contributed by atoms with Crippen LogP contribution in [0, 0.1) is 5.92 Å². The van der Waals surface area contributed by atoms with Crippen molar-refractivity contribution in [1.82, 2.24) is 5.32 Å². The molecular weight excluding hydrogens is 138 g/mol. The summed E-state index contributed by atoms with van der Waals surface area (Å²) in [5.41, 5.74) is 0. The monoisotopic (exact) mass is 149 g/mol. The Morgan fingerprint density at radius 3 is 2.18 bits per heavy atom. The van der Waals surface area contributed by atoms with Gasteiger partial charge in [0.1, 0.15) is 0 Å². The van der Waals surface area contributed by atoms with Crippen molar-refractivity contribution >= 4 is 5.91 Å². The number of amides is 1. The van der Waals surface area contributed by atoms with Crippen molar-refractivity contribution in [2.75, 3.05) is 7.05 Å². The lowest BCUT2D eigenvalue weighted by atomic mass is 10.1. The Balaban J connectivity index is 2.67. The molecule has 2 heteroatoms. The molecule has 11 heavy (non-hydrogen) atoms. The van der Waals surface area contributed by atoms with Crippen molar-refractivity contribution in [2.45, 2.75) is 0 Å². The van der Waals surface area contributed by atoms with Crippen LogP contribution >= 0.6 is 0 Å². The summed E-state index contributed by atoms with van der Waals surface area (Å²) in [5, 5.41) is 2.59. The molecule has 1 aliphatic rings. The topological polar surface area (TPSA) is 29.1 Å². The van der Waals surface area contributed by atoms with Crippen LogP contribution in [0.5, 0.6) is 0 Å². The molecule has 58 valence electrons. The number of rotatable bonds is 1. The van der Waals surface area contributed by atoms with E-state index in [4.69, 9.17) is 0 Å². The molecule has 0 radical (unpaired) electrons. The van der Waals surface area contributed by atoms with Gasteiger partial charge in [-0.1, -0.05) is 36.5 Å². The van der Waals surface area contributed by atoms with Gasteiger partial charge in [0, 0.05) is 7.05 Å². The number of carbonyl (C=O) groups excluding carboxylic acids is 1. The van der Waals surface area contributed by atoms with Gasteiger partial charge in [-0.15, -0.1) is 0 Å². The van der Waals surface area contributed by atoms with Gasteiger partial charge in [0.05, 0.1) is 5.92 Å². The molecule has 0 aromatic carbocycles. The van der Waals surface area contributed by atoms with Gasteiger partial charge in [0.25, 0.3) is 0 Å². The number of hydrogen-bond donors (Lipinski definition) is 1. The van der Waals surface area contributed by atoms with E-state index in [2.05, 4.69) is 5.32 Å². The van der Waals surface area contributed by atoms with Crippen LogP contribution in [-0.2, 0) is 4.79 Å². The van der Waals surface area contributed by atoms with Gasteiger partial charge in [-0.2, -0.15) is 0 Å². The summed E-state index contributed by atoms with van der Waals surface area (Å²) in [5.74, 6) is -0.0869. The highest BCUT2D eigenvalue weighted by Gasteiger charge is 2.08. The predicted molar refractivity (Wildman–Crippen MR) is 45.0 cm³/mol. The minimum absolute atomic E-state index is 0.0289. The third kappa shape index (κ3) is 2.08. The molecule has 0 saturated carbocycles. The number of hydrogen-bond acceptors (Lipinski definition) is 1. The summed E-state index contributed by atoms with van der Waals surface area (Å²) in [6, 6.07) is 0. The third-order valence-electron chi connectivity index (χ3n) is 1.52. The smallest absolute Gasteiger partial charge is 0.230 e. The minimum atomic E-state index is -0.116. The zero-order valence-corrected chi connectivity index (χ0v) is 6.45. The average Bonchev–Trinajstić information content (AvgIpc) is 2.30. The molecular formula is C9H11NO. The van der Waals surface area contributed by atoms with E-state index in [0.717, 1.165) is 0 Å². The van der Waals surface area contributed by atoms with Crippen LogP contribution in [0.2, 0.25) is 0 Å². The first-order chi connectivity index (χ1) is 5.34. The highest BCUT2D eigenvalue weighted by atomic mass is 16.1. The lowest BCUT2D eigenvalue weighted by Crippen LogP contribution is -2.24. The molecule has 0 bridgehead atoms. The number of nitrogens with one attached hydrogen (secondary N) is 1. The predicted octanol–water partition coefficient (Wildman–Crippen LogP) is 1.03. The molecule has 0 saturated heterocycles. The first-order valence-electron chi connectivity index (χ1n) is 3.58. The van der Waals surface area contributed by atoms with Crippen LogP contribution in [0.15, 0.2) is 36.5 Å². The number of carbonyl (C=O) groups is 1. The van der Waals surface area contributed by atoms with Crippen molar-refractivity contribution in [3.63, 3.8) is 0 Å². The Labute approximate surface area is 66.3 Å². The van der Waals surface area contributed by atoms with Crippen LogP contribution in [0.1, 0.15) is 0 Å². The molecule has 0 unspecified atom stereocenters. The number of allylic oxidation sites excluding steroid dienone is 4. The van der Waals surface area contributed by atoms with E-state index in [1.807, 2.05) is 36.5 Å². The van der Waals surface area contributed by atoms with Gasteiger partial charge < -0.3 is 5.32 Å². The highest BCUT2D eigenvalue weighted by molar-refractivity contribution is 5.82. The molecule has 0 aliphatic heterocycles. The minimum Gasteiger partial charge on any atom is -0.358 e. The summed E-state index contributed by atoms with van der Waals surface area (Å²) in [6.07, 6.45) is 11.3. The van der Waals surface area contributed by atoms with Gasteiger partial charge in [-0.25, -0.2) is 0 Å². The van der Waals surface area contributed by atoms with Gasteiger partial charge in [-0.3, -0.25) is 4.79 Å². The second-order valence-corrected chi connectivity index (χ2v) is 2.29. The fourth-order valence-corrected chi connectivity index (χ4v) is 0.902. The van der Waals surface area contributed by atoms with Gasteiger partial charge in [0.2, 0.25) is 5.91 Å². The van der Waals surface area contributed by atoms with Crippen LogP contribution in [0.4, 0.5) is 0 Å². The SMILES string of the molecule is CNC(=O)C1C=CC=CC=C1. The zero-order chi connectivity index (χ0) is 8.10. The van der Waals surface area contributed by atoms with Crippen LogP contribution in [-0.4, -0.2) is 13.0 Å². The Kier molecular flexibility index (Phi) is 2.66. The molecule has 1 amide bonds. The normalized spacial score (nSPS) is 16.5. The lowest BCUT2D eigenvalue weighted by Gasteiger charge is -2.03. The van der Waals surface area contributed by atoms with E-state index in [1.165, 1.54) is 0 Å². The third-order valence-corrected chi connectivity index (χ3v) is 1.52. The first-order valence-corrected chi connectivity index (χ1v) is 3.58. The molecule has 0 heterocycles. The maximum absolute atomic E-state index is 11.1. The summed E-state index contributed by atoms with van der Waals surface area (Å²) >= 11 is 0. The molecule has 0 fully saturated rings. The molecule has 2 nitrogen and oxygen atoms in total. The largest absolute Gasteiger partial charge is 0.358 e. The lowest BCUT2D eigenvalue weighted by molar-refractivity contribution is -0.121. The maximum Gasteiger partial charge on any atom is 0.230 e. The summed E-state index contributed by atoms with van der Waals surface area (Å²) < 4.78 is 0. The summed E-state index contributed by atoms with van der Waals surface area (Å²) in [6.45, 7) is 0. The Morgan fingerprint density at radius 1 is 1.18 bits per heavy atom. The molecule has 1 aliphatic carbocycles. The van der Waals surface area contributed by atoms with Gasteiger partial charge >= 0.3 is 0 Å². The highest BCUT2D eigenvalue weighted by Crippen LogP contribution is 2.04. The molecule has 0 aromatic rings. The van der Waals surface area contributed by atoms with E-state index >= 15 is 0 Å². The van der Waals surface area contributed by atoms with Crippen LogP contribution < -0.4 is 5.32 Å². The Hall–Kier alpha value is -1.31. The van der Waals surface area contributed by atoms with Crippen molar-refractivity contribution < 1.29 is 4.79 Å². The zero-order valence-electron chi connectivity index (χ0n) is 6.45. The van der Waals surface area contributed by atoms with Gasteiger partial charge in [0.15, 0.2) is 0 Å². The van der Waals surface area contributed by atoms with Crippen molar-refractivity contribution in [3.05, 3.63) is 36.5 Å². The van der Waals surface area contributed by atoms with Crippen molar-refractivity contribution in [2.24, 2.45) is 5.92 Å². The summed E-state index contributed by atoms with van der Waals surface area (Å²) in [7, 11) is 1.64. The van der Waals surface area contributed by atoms with E-state index in [9.17, 15) is 4.79 Å². The van der Waals surface area contributed by atoms with Gasteiger partial charge in [-0.05, 0) is 0 Å². The van der Waals surface area contributed by atoms with E-state index < -0.39 is 0 Å². The average molecular weight is 149 g/mol. The van der Waals surface area contributed by atoms with E-state index in [0.29, 0.717) is 0 Å². The molecule has 0 aromatic heterocycles. The fraction of sp³-hybridized carbons (Fsp3) is 0.222. The van der Waals surface area contributed by atoms with E-state index in [-0.39, 0.29) is 11.8 Å². The van der Waals surface area contributed by atoms with Crippen molar-refractivity contribution in [3.8, 4) is 0 Å². The van der Waals surface area contributed by atoms with Crippen molar-refractivity contribution in [1.29, 1.82) is 0 Å². The fourth-order valence-electron chi connectivity index (χ4n) is 0.902. The Bertz CT molecular complexity index is 210. The second kappa shape index (κ2) is 3.76. The quantitative estimate of drug-likeness (QED) is 0.592. The van der Waals surface area contributed by atoms with Crippen LogP contribution in [0.25, 0.3) is 0 Å². The van der Waals surface area contributed by atoms with E-state index in [1.54, 1.807) is 7.05 Å². The first kappa shape index (κ1) is 7.79. The second-order valence-electron chi connectivity index (χ2n) is 2.29. The molecule has 0 atom stereocenters. The Morgan fingerprint density at radius 2 is 1.73 bits per heavy atom. The standard InChI is InChI=1S/C9H11NO/c1-10-9(11)8-6-4-2-3-5-7-8/h2-8H,1H3,(H,10,11). The maximum atomic E-state index is 11.1. The molecule has 0 spiro atoms. The summed E-state index contributed by atoms with van der Waals surface area (Å²) in [4.78, 5) is 11.1. The molecule has 1 rings (SSSR count).